The SMILES string of the molecule is CC(C)C1NC(=O)[C@H](CCCCN)NC(=O)C(Cc2c[nH]c3ccccc23)NC(=O)[C@H](Cc2cccnc2)NC(=O)C(NC(=O)[C@H](N)Cc2ccc(F)cc2)CSSCC(C(=O)N[C@H](Cc2ccc(F)cc2)C(N)=O)NC1=O. The van der Waals surface area contributed by atoms with Gasteiger partial charge >= 0.3 is 0 Å². The molecule has 3 heterocycles. The highest BCUT2D eigenvalue weighted by atomic mass is 33.1. The van der Waals surface area contributed by atoms with Crippen molar-refractivity contribution >= 4 is 79.7 Å². The van der Waals surface area contributed by atoms with Crippen molar-refractivity contribution in [3.63, 3.8) is 0 Å². The van der Waals surface area contributed by atoms with Crippen LogP contribution in [-0.4, -0.2) is 124 Å². The lowest BCUT2D eigenvalue weighted by molar-refractivity contribution is -0.136. The van der Waals surface area contributed by atoms with E-state index in [1.165, 1.54) is 60.9 Å². The number of carbonyl (C=O) groups excluding carboxylic acids is 8. The van der Waals surface area contributed by atoms with Crippen molar-refractivity contribution in [3.8, 4) is 0 Å². The van der Waals surface area contributed by atoms with E-state index in [9.17, 15) is 47.1 Å². The van der Waals surface area contributed by atoms with Gasteiger partial charge in [-0.3, -0.25) is 43.3 Å². The number of H-pyrrole nitrogens is 1. The van der Waals surface area contributed by atoms with Crippen LogP contribution < -0.4 is 54.4 Å². The van der Waals surface area contributed by atoms with Crippen molar-refractivity contribution < 1.29 is 47.1 Å². The number of fused-ring (bicyclic) bond motifs is 1. The second-order valence-electron chi connectivity index (χ2n) is 19.2. The Morgan fingerprint density at radius 1 is 0.705 bits per heavy atom. The largest absolute Gasteiger partial charge is 0.368 e. The van der Waals surface area contributed by atoms with Gasteiger partial charge < -0.3 is 59.4 Å². The maximum atomic E-state index is 14.8. The van der Waals surface area contributed by atoms with Crippen molar-refractivity contribution in [1.29, 1.82) is 0 Å². The first-order valence-electron chi connectivity index (χ1n) is 25.4. The molecule has 0 saturated carbocycles. The van der Waals surface area contributed by atoms with Gasteiger partial charge in [0.1, 0.15) is 53.9 Å². The fraction of sp³-hybridized carbons (Fsp3) is 0.389. The van der Waals surface area contributed by atoms with Gasteiger partial charge in [-0.15, -0.1) is 0 Å². The molecular formula is C54H66F2N12O8S2. The maximum Gasteiger partial charge on any atom is 0.244 e. The average Bonchev–Trinajstić information content (AvgIpc) is 3.88. The number of amides is 8. The fourth-order valence-corrected chi connectivity index (χ4v) is 10.8. The van der Waals surface area contributed by atoms with Crippen molar-refractivity contribution in [2.24, 2.45) is 23.1 Å². The van der Waals surface area contributed by atoms with E-state index in [2.05, 4.69) is 47.2 Å². The third kappa shape index (κ3) is 17.8. The van der Waals surface area contributed by atoms with Gasteiger partial charge in [0.15, 0.2) is 0 Å². The zero-order valence-corrected chi connectivity index (χ0v) is 44.7. The molecule has 416 valence electrons. The van der Waals surface area contributed by atoms with Gasteiger partial charge in [0.2, 0.25) is 47.3 Å². The molecule has 1 aliphatic heterocycles. The first-order chi connectivity index (χ1) is 37.4. The lowest BCUT2D eigenvalue weighted by atomic mass is 10.00. The number of nitrogens with zero attached hydrogens (tertiary/aromatic N) is 1. The minimum absolute atomic E-state index is 0.0378. The Bertz CT molecular complexity index is 2870. The molecule has 0 radical (unpaired) electrons. The van der Waals surface area contributed by atoms with E-state index in [1.807, 2.05) is 24.3 Å². The van der Waals surface area contributed by atoms with Crippen molar-refractivity contribution in [2.45, 2.75) is 107 Å². The Kier molecular flexibility index (Phi) is 22.5. The van der Waals surface area contributed by atoms with Gasteiger partial charge in [-0.1, -0.05) is 84.0 Å². The van der Waals surface area contributed by atoms with Crippen LogP contribution in [0.5, 0.6) is 0 Å². The number of halogens is 2. The molecule has 14 N–H and O–H groups in total. The monoisotopic (exact) mass is 1110 g/mol. The quantitative estimate of drug-likeness (QED) is 0.0439. The van der Waals surface area contributed by atoms with E-state index in [0.29, 0.717) is 35.1 Å². The van der Waals surface area contributed by atoms with Crippen LogP contribution in [0.15, 0.2) is 104 Å². The summed E-state index contributed by atoms with van der Waals surface area (Å²) >= 11 is 0. The van der Waals surface area contributed by atoms with Crippen molar-refractivity contribution in [2.75, 3.05) is 18.1 Å². The third-order valence-corrected chi connectivity index (χ3v) is 15.3. The molecule has 4 unspecified atom stereocenters. The number of aromatic nitrogens is 2. The Morgan fingerprint density at radius 2 is 1.32 bits per heavy atom. The first kappa shape index (κ1) is 59.8. The molecule has 20 nitrogen and oxygen atoms in total. The summed E-state index contributed by atoms with van der Waals surface area (Å²) in [6.45, 7) is 3.60. The fourth-order valence-electron chi connectivity index (χ4n) is 8.52. The van der Waals surface area contributed by atoms with Crippen LogP contribution in [0.1, 0.15) is 55.4 Å². The number of rotatable bonds is 18. The van der Waals surface area contributed by atoms with Gasteiger partial charge in [0.25, 0.3) is 0 Å². The Morgan fingerprint density at radius 3 is 1.96 bits per heavy atom. The molecule has 1 aliphatic rings. The zero-order chi connectivity index (χ0) is 56.3. The van der Waals surface area contributed by atoms with Gasteiger partial charge in [0.05, 0.1) is 6.04 Å². The highest BCUT2D eigenvalue weighted by Gasteiger charge is 2.36. The molecule has 5 aromatic rings. The molecule has 2 aromatic heterocycles. The summed E-state index contributed by atoms with van der Waals surface area (Å²) in [5.41, 5.74) is 20.8. The van der Waals surface area contributed by atoms with Gasteiger partial charge in [-0.25, -0.2) is 8.78 Å². The number of benzene rings is 3. The molecule has 1 fully saturated rings. The smallest absolute Gasteiger partial charge is 0.244 e. The maximum absolute atomic E-state index is 14.8. The van der Waals surface area contributed by atoms with Gasteiger partial charge in [-0.05, 0) is 96.8 Å². The third-order valence-electron chi connectivity index (χ3n) is 12.9. The number of hydrogen-bond donors (Lipinski definition) is 11. The van der Waals surface area contributed by atoms with E-state index < -0.39 is 113 Å². The Labute approximate surface area is 457 Å². The predicted molar refractivity (Wildman–Crippen MR) is 293 cm³/mol. The molecular weight excluding hydrogens is 1050 g/mol. The minimum Gasteiger partial charge on any atom is -0.368 e. The number of aromatic amines is 1. The molecule has 8 amide bonds. The lowest BCUT2D eigenvalue weighted by Gasteiger charge is -2.29. The Balaban J connectivity index is 1.38. The summed E-state index contributed by atoms with van der Waals surface area (Å²) in [6, 6.07) is 10.5. The normalized spacial score (nSPS) is 21.0. The van der Waals surface area contributed by atoms with Gasteiger partial charge in [0, 0.05) is 60.3 Å². The summed E-state index contributed by atoms with van der Waals surface area (Å²) in [6.07, 6.45) is 5.24. The molecule has 8 atom stereocenters. The topological polar surface area (TPSA) is 328 Å². The summed E-state index contributed by atoms with van der Waals surface area (Å²) < 4.78 is 27.5. The van der Waals surface area contributed by atoms with Crippen LogP contribution >= 0.6 is 21.6 Å². The first-order valence-corrected chi connectivity index (χ1v) is 27.9. The Hall–Kier alpha value is -7.41. The number of hydrogen-bond acceptors (Lipinski definition) is 13. The number of carbonyl (C=O) groups is 8. The molecule has 24 heteroatoms. The number of nitrogens with two attached hydrogens (primary N) is 3. The standard InChI is InChI=1S/C54H66F2N12O8S2/c1-30(2)46-54(76)67-45(52(74)63-41(47(59)69)23-32-14-18-36(56)19-15-32)29-78-77-28-44(66-48(70)38(58)22-31-12-16-35(55)17-13-31)53(75)64-42(24-33-8-7-21-60-26-33)50(72)65-43(25-34-27-61-39-10-4-3-9-37(34)39)51(73)62-40(49(71)68-46)11-5-6-20-57/h3-4,7-10,12-19,21,26-27,30,38,40-46,61H,5-6,11,20,22-25,28-29,57-58H2,1-2H3,(H2,59,69)(H,62,73)(H,63,74)(H,64,75)(H,65,72)(H,66,70)(H,67,76)(H,68,71)/t38-,40+,41-,42+,43?,44?,45?,46?/m1/s1. The van der Waals surface area contributed by atoms with E-state index in [4.69, 9.17) is 17.2 Å². The molecule has 0 spiro atoms. The summed E-state index contributed by atoms with van der Waals surface area (Å²) in [7, 11) is 2.01. The minimum atomic E-state index is -1.43. The second-order valence-corrected chi connectivity index (χ2v) is 21.8. The number of unbranched alkanes of at least 4 members (excludes halogenated alkanes) is 1. The van der Waals surface area contributed by atoms with E-state index in [-0.39, 0.29) is 50.2 Å². The van der Waals surface area contributed by atoms with Crippen LogP contribution in [0.2, 0.25) is 0 Å². The van der Waals surface area contributed by atoms with E-state index in [0.717, 1.165) is 32.5 Å². The highest BCUT2D eigenvalue weighted by molar-refractivity contribution is 8.76. The van der Waals surface area contributed by atoms with E-state index >= 15 is 0 Å². The number of nitrogens with one attached hydrogen (secondary N) is 8. The highest BCUT2D eigenvalue weighted by Crippen LogP contribution is 2.25. The average molecular weight is 1110 g/mol. The van der Waals surface area contributed by atoms with Crippen LogP contribution in [0.4, 0.5) is 8.78 Å². The summed E-state index contributed by atoms with van der Waals surface area (Å²) in [4.78, 5) is 121. The summed E-state index contributed by atoms with van der Waals surface area (Å²) in [5.74, 6) is -8.58. The van der Waals surface area contributed by atoms with Crippen LogP contribution in [0, 0.1) is 17.6 Å². The van der Waals surface area contributed by atoms with Crippen LogP contribution in [0.3, 0.4) is 0 Å². The number of pyridine rings is 1. The van der Waals surface area contributed by atoms with Gasteiger partial charge in [-0.2, -0.15) is 0 Å². The number of primary amides is 1. The van der Waals surface area contributed by atoms with Crippen LogP contribution in [-0.2, 0) is 64.0 Å². The molecule has 1 saturated heterocycles. The second kappa shape index (κ2) is 29.4. The van der Waals surface area contributed by atoms with Crippen LogP contribution in [0.25, 0.3) is 10.9 Å². The lowest BCUT2D eigenvalue weighted by Crippen LogP contribution is -2.61. The molecule has 3 aromatic carbocycles. The number of para-hydroxylation sites is 1. The molecule has 0 aliphatic carbocycles. The molecule has 78 heavy (non-hydrogen) atoms. The van der Waals surface area contributed by atoms with Crippen molar-refractivity contribution in [3.05, 3.63) is 137 Å². The molecule has 6 rings (SSSR count). The summed E-state index contributed by atoms with van der Waals surface area (Å²) in [5, 5.41) is 19.9. The zero-order valence-electron chi connectivity index (χ0n) is 43.1. The predicted octanol–water partition coefficient (Wildman–Crippen LogP) is 1.50. The molecule has 0 bridgehead atoms. The van der Waals surface area contributed by atoms with E-state index in [1.54, 1.807) is 32.2 Å². The van der Waals surface area contributed by atoms with Crippen molar-refractivity contribution in [1.82, 2.24) is 47.2 Å².